The van der Waals surface area contributed by atoms with Crippen LogP contribution in [0.2, 0.25) is 0 Å². The zero-order valence-electron chi connectivity index (χ0n) is 12.8. The van der Waals surface area contributed by atoms with Crippen molar-refractivity contribution in [1.82, 2.24) is 10.6 Å². The number of nitriles is 1. The van der Waals surface area contributed by atoms with Gasteiger partial charge in [0.2, 0.25) is 0 Å². The molecule has 4 fully saturated rings. The summed E-state index contributed by atoms with van der Waals surface area (Å²) >= 11 is 0. The lowest BCUT2D eigenvalue weighted by Gasteiger charge is -2.65. The summed E-state index contributed by atoms with van der Waals surface area (Å²) in [6.07, 6.45) is 6.68. The molecule has 2 atom stereocenters. The minimum absolute atomic E-state index is 0.128. The Morgan fingerprint density at radius 1 is 1.10 bits per heavy atom. The predicted molar refractivity (Wildman–Crippen MR) is 76.9 cm³/mol. The Morgan fingerprint density at radius 3 is 2.24 bits per heavy atom. The standard InChI is InChI=1S/C16H23N3O2/c1-14-5-11-6-15(2,8-14)10-16(7-11,9-14)19-13(21)12(20)18-4-3-17/h11H,4-10H2,1-2H3,(H,18,20)(H,19,21). The van der Waals surface area contributed by atoms with Crippen LogP contribution in [0.1, 0.15) is 52.4 Å². The third kappa shape index (κ3) is 2.52. The lowest BCUT2D eigenvalue weighted by molar-refractivity contribution is -0.149. The normalized spacial score (nSPS) is 43.2. The summed E-state index contributed by atoms with van der Waals surface area (Å²) in [7, 11) is 0. The summed E-state index contributed by atoms with van der Waals surface area (Å²) in [6.45, 7) is 4.52. The Kier molecular flexibility index (Phi) is 3.05. The van der Waals surface area contributed by atoms with Gasteiger partial charge in [-0.1, -0.05) is 13.8 Å². The van der Waals surface area contributed by atoms with Gasteiger partial charge in [-0.15, -0.1) is 0 Å². The van der Waals surface area contributed by atoms with E-state index in [1.54, 1.807) is 0 Å². The van der Waals surface area contributed by atoms with Crippen LogP contribution < -0.4 is 10.6 Å². The Morgan fingerprint density at radius 2 is 1.71 bits per heavy atom. The Balaban J connectivity index is 1.75. The molecule has 5 heteroatoms. The number of nitrogens with one attached hydrogen (secondary N) is 2. The van der Waals surface area contributed by atoms with E-state index in [4.69, 9.17) is 5.26 Å². The van der Waals surface area contributed by atoms with Gasteiger partial charge in [-0.05, 0) is 55.3 Å². The van der Waals surface area contributed by atoms with Crippen molar-refractivity contribution >= 4 is 11.8 Å². The van der Waals surface area contributed by atoms with Gasteiger partial charge in [-0.25, -0.2) is 0 Å². The van der Waals surface area contributed by atoms with Crippen molar-refractivity contribution in [3.63, 3.8) is 0 Å². The molecule has 4 bridgehead atoms. The fourth-order valence-electron chi connectivity index (χ4n) is 6.08. The highest BCUT2D eigenvalue weighted by Crippen LogP contribution is 2.66. The average molecular weight is 289 g/mol. The summed E-state index contributed by atoms with van der Waals surface area (Å²) in [6, 6.07) is 1.81. The van der Waals surface area contributed by atoms with E-state index in [0.717, 1.165) is 19.3 Å². The van der Waals surface area contributed by atoms with E-state index in [9.17, 15) is 9.59 Å². The van der Waals surface area contributed by atoms with Crippen LogP contribution in [0.25, 0.3) is 0 Å². The van der Waals surface area contributed by atoms with E-state index >= 15 is 0 Å². The lowest BCUT2D eigenvalue weighted by Crippen LogP contribution is -2.66. The number of nitrogens with zero attached hydrogens (tertiary/aromatic N) is 1. The summed E-state index contributed by atoms with van der Waals surface area (Å²) in [5, 5.41) is 13.8. The predicted octanol–water partition coefficient (Wildman–Crippen LogP) is 1.49. The quantitative estimate of drug-likeness (QED) is 0.597. The lowest BCUT2D eigenvalue weighted by atomic mass is 9.43. The molecule has 114 valence electrons. The Hall–Kier alpha value is -1.57. The molecule has 0 spiro atoms. The molecule has 2 amide bonds. The topological polar surface area (TPSA) is 82.0 Å². The zero-order valence-corrected chi connectivity index (χ0v) is 12.8. The largest absolute Gasteiger partial charge is 0.342 e. The van der Waals surface area contributed by atoms with Gasteiger partial charge in [0.05, 0.1) is 6.07 Å². The molecule has 2 unspecified atom stereocenters. The van der Waals surface area contributed by atoms with Crippen LogP contribution in [0.5, 0.6) is 0 Å². The van der Waals surface area contributed by atoms with Crippen LogP contribution in [0.4, 0.5) is 0 Å². The van der Waals surface area contributed by atoms with Crippen LogP contribution >= 0.6 is 0 Å². The first-order valence-electron chi connectivity index (χ1n) is 7.75. The van der Waals surface area contributed by atoms with Crippen molar-refractivity contribution in [2.45, 2.75) is 57.9 Å². The fraction of sp³-hybridized carbons (Fsp3) is 0.812. The monoisotopic (exact) mass is 289 g/mol. The maximum Gasteiger partial charge on any atom is 0.310 e. The molecule has 0 aromatic heterocycles. The van der Waals surface area contributed by atoms with Crippen molar-refractivity contribution in [2.24, 2.45) is 16.7 Å². The molecule has 21 heavy (non-hydrogen) atoms. The van der Waals surface area contributed by atoms with Gasteiger partial charge in [0, 0.05) is 5.54 Å². The number of hydrogen-bond donors (Lipinski definition) is 2. The van der Waals surface area contributed by atoms with Gasteiger partial charge in [0.1, 0.15) is 6.54 Å². The molecule has 0 aromatic rings. The summed E-state index contributed by atoms with van der Waals surface area (Å²) < 4.78 is 0. The van der Waals surface area contributed by atoms with Crippen LogP contribution in [0.3, 0.4) is 0 Å². The molecule has 0 saturated heterocycles. The van der Waals surface area contributed by atoms with Gasteiger partial charge >= 0.3 is 11.8 Å². The van der Waals surface area contributed by atoms with E-state index in [2.05, 4.69) is 24.5 Å². The van der Waals surface area contributed by atoms with Crippen LogP contribution in [-0.4, -0.2) is 23.9 Å². The minimum atomic E-state index is -0.692. The Bertz CT molecular complexity index is 518. The summed E-state index contributed by atoms with van der Waals surface area (Å²) in [4.78, 5) is 23.8. The third-order valence-electron chi connectivity index (χ3n) is 5.54. The second-order valence-electron chi connectivity index (χ2n) is 8.21. The maximum atomic E-state index is 12.1. The molecule has 4 saturated carbocycles. The van der Waals surface area contributed by atoms with Gasteiger partial charge in [-0.2, -0.15) is 5.26 Å². The first-order chi connectivity index (χ1) is 9.77. The second kappa shape index (κ2) is 4.46. The van der Waals surface area contributed by atoms with E-state index in [1.165, 1.54) is 19.3 Å². The average Bonchev–Trinajstić information content (AvgIpc) is 2.30. The highest BCUT2D eigenvalue weighted by Gasteiger charge is 2.60. The number of rotatable bonds is 2. The van der Waals surface area contributed by atoms with Crippen LogP contribution in [-0.2, 0) is 9.59 Å². The molecule has 4 rings (SSSR count). The second-order valence-corrected chi connectivity index (χ2v) is 8.21. The molecule has 0 radical (unpaired) electrons. The molecule has 4 aliphatic carbocycles. The fourth-order valence-corrected chi connectivity index (χ4v) is 6.08. The van der Waals surface area contributed by atoms with Crippen LogP contribution in [0.15, 0.2) is 0 Å². The van der Waals surface area contributed by atoms with Gasteiger partial charge < -0.3 is 10.6 Å². The molecule has 0 aromatic carbocycles. The summed E-state index contributed by atoms with van der Waals surface area (Å²) in [5.41, 5.74) is 0.374. The minimum Gasteiger partial charge on any atom is -0.342 e. The van der Waals surface area contributed by atoms with Crippen molar-refractivity contribution in [1.29, 1.82) is 5.26 Å². The molecule has 2 N–H and O–H groups in total. The first kappa shape index (κ1) is 14.4. The maximum absolute atomic E-state index is 12.1. The zero-order chi connectivity index (χ0) is 15.3. The number of carbonyl (C=O) groups excluding carboxylic acids is 2. The van der Waals surface area contributed by atoms with E-state index in [-0.39, 0.29) is 12.1 Å². The molecule has 5 nitrogen and oxygen atoms in total. The smallest absolute Gasteiger partial charge is 0.310 e. The number of carbonyl (C=O) groups is 2. The van der Waals surface area contributed by atoms with Crippen molar-refractivity contribution in [3.05, 3.63) is 0 Å². The van der Waals surface area contributed by atoms with Crippen molar-refractivity contribution < 1.29 is 9.59 Å². The van der Waals surface area contributed by atoms with E-state index in [1.807, 2.05) is 6.07 Å². The Labute approximate surface area is 125 Å². The SMILES string of the molecule is CC12CC3CC(C)(C1)CC(NC(=O)C(=O)NCC#N)(C3)C2. The molecular formula is C16H23N3O2. The molecular weight excluding hydrogens is 266 g/mol. The van der Waals surface area contributed by atoms with Gasteiger partial charge in [0.15, 0.2) is 0 Å². The highest BCUT2D eigenvalue weighted by atomic mass is 16.2. The molecule has 4 aliphatic rings. The van der Waals surface area contributed by atoms with Crippen molar-refractivity contribution in [2.75, 3.05) is 6.54 Å². The highest BCUT2D eigenvalue weighted by molar-refractivity contribution is 6.35. The van der Waals surface area contributed by atoms with Crippen LogP contribution in [0, 0.1) is 28.1 Å². The molecule has 0 aliphatic heterocycles. The number of amides is 2. The van der Waals surface area contributed by atoms with E-state index in [0.29, 0.717) is 16.7 Å². The molecule has 0 heterocycles. The first-order valence-corrected chi connectivity index (χ1v) is 7.75. The summed E-state index contributed by atoms with van der Waals surface area (Å²) in [5.74, 6) is -0.610. The third-order valence-corrected chi connectivity index (χ3v) is 5.54. The number of hydrogen-bond acceptors (Lipinski definition) is 3. The van der Waals surface area contributed by atoms with E-state index < -0.39 is 11.8 Å². The van der Waals surface area contributed by atoms with Crippen molar-refractivity contribution in [3.8, 4) is 6.07 Å². The van der Waals surface area contributed by atoms with Gasteiger partial charge in [0.25, 0.3) is 0 Å². The van der Waals surface area contributed by atoms with Gasteiger partial charge in [-0.3, -0.25) is 9.59 Å².